The summed E-state index contributed by atoms with van der Waals surface area (Å²) < 4.78 is 0. The van der Waals surface area contributed by atoms with Crippen LogP contribution < -0.4 is 0 Å². The van der Waals surface area contributed by atoms with Crippen LogP contribution in [0.4, 0.5) is 0 Å². The second kappa shape index (κ2) is 14.4. The van der Waals surface area contributed by atoms with Crippen LogP contribution >= 0.6 is 0 Å². The van der Waals surface area contributed by atoms with Gasteiger partial charge in [-0.25, -0.2) is 0 Å². The van der Waals surface area contributed by atoms with Crippen LogP contribution in [0.25, 0.3) is 0 Å². The van der Waals surface area contributed by atoms with Gasteiger partial charge >= 0.3 is 0 Å². The molecule has 0 amide bonds. The van der Waals surface area contributed by atoms with Crippen LogP contribution in [0.1, 0.15) is 186 Å². The average molecular weight is 597 g/mol. The van der Waals surface area contributed by atoms with Gasteiger partial charge in [-0.3, -0.25) is 0 Å². The van der Waals surface area contributed by atoms with Crippen LogP contribution in [-0.2, 0) is 0 Å². The highest BCUT2D eigenvalue weighted by atomic mass is 14.7. The third-order valence-corrected chi connectivity index (χ3v) is 16.1. The molecule has 4 saturated carbocycles. The van der Waals surface area contributed by atoms with Crippen LogP contribution in [0.3, 0.4) is 0 Å². The zero-order chi connectivity index (χ0) is 31.7. The summed E-state index contributed by atoms with van der Waals surface area (Å²) in [6, 6.07) is 0. The monoisotopic (exact) mass is 597 g/mol. The molecule has 0 aliphatic heterocycles. The number of rotatable bonds is 9. The van der Waals surface area contributed by atoms with Gasteiger partial charge < -0.3 is 0 Å². The van der Waals surface area contributed by atoms with Gasteiger partial charge in [0.1, 0.15) is 0 Å². The standard InChI is InChI=1S/C43H80/c1-13-15-16-17-18-19-34-21-22-35(26-34)36-23-20-30(5)40-31(6)24-25-42(11)33(8)39(29(3)4)32(7)38(14-2)43(42,12)28-41(9,10)27-37(36)40/h29-40H,13-28H2,1-12H3. The molecule has 43 heavy (non-hydrogen) atoms. The van der Waals surface area contributed by atoms with Crippen molar-refractivity contribution in [1.82, 2.24) is 0 Å². The van der Waals surface area contributed by atoms with E-state index >= 15 is 0 Å². The first kappa shape index (κ1) is 35.8. The summed E-state index contributed by atoms with van der Waals surface area (Å²) >= 11 is 0. The number of hydrogen-bond donors (Lipinski definition) is 0. The third kappa shape index (κ3) is 7.14. The van der Waals surface area contributed by atoms with E-state index in [4.69, 9.17) is 0 Å². The quantitative estimate of drug-likeness (QED) is 0.232. The fourth-order valence-corrected chi connectivity index (χ4v) is 14.2. The van der Waals surface area contributed by atoms with E-state index in [-0.39, 0.29) is 0 Å². The van der Waals surface area contributed by atoms with Crippen molar-refractivity contribution in [2.24, 2.45) is 87.3 Å². The third-order valence-electron chi connectivity index (χ3n) is 16.1. The molecule has 4 aliphatic rings. The Morgan fingerprint density at radius 3 is 2.05 bits per heavy atom. The molecule has 0 radical (unpaired) electrons. The molecule has 0 N–H and O–H groups in total. The summed E-state index contributed by atoms with van der Waals surface area (Å²) in [7, 11) is 0. The van der Waals surface area contributed by atoms with Gasteiger partial charge in [0, 0.05) is 0 Å². The van der Waals surface area contributed by atoms with Gasteiger partial charge in [-0.2, -0.15) is 0 Å². The van der Waals surface area contributed by atoms with Gasteiger partial charge in [-0.05, 0) is 132 Å². The van der Waals surface area contributed by atoms with Gasteiger partial charge in [0.2, 0.25) is 0 Å². The molecule has 0 spiro atoms. The van der Waals surface area contributed by atoms with E-state index in [1.165, 1.54) is 83.5 Å². The Morgan fingerprint density at radius 2 is 1.40 bits per heavy atom. The van der Waals surface area contributed by atoms with E-state index in [0.717, 1.165) is 71.0 Å². The fraction of sp³-hybridized carbons (Fsp3) is 1.00. The first-order valence-electron chi connectivity index (χ1n) is 20.2. The topological polar surface area (TPSA) is 0 Å². The predicted octanol–water partition coefficient (Wildman–Crippen LogP) is 13.9. The molecule has 0 nitrogen and oxygen atoms in total. The lowest BCUT2D eigenvalue weighted by atomic mass is 9.38. The van der Waals surface area contributed by atoms with Crippen LogP contribution in [0.2, 0.25) is 0 Å². The van der Waals surface area contributed by atoms with Crippen LogP contribution in [0, 0.1) is 87.3 Å². The largest absolute Gasteiger partial charge is 0.0654 e. The molecule has 13 unspecified atom stereocenters. The zero-order valence-corrected chi connectivity index (χ0v) is 31.7. The van der Waals surface area contributed by atoms with Crippen molar-refractivity contribution in [2.45, 2.75) is 186 Å². The van der Waals surface area contributed by atoms with E-state index in [0.29, 0.717) is 16.2 Å². The van der Waals surface area contributed by atoms with Gasteiger partial charge in [-0.15, -0.1) is 0 Å². The van der Waals surface area contributed by atoms with E-state index in [1.807, 2.05) is 0 Å². The van der Waals surface area contributed by atoms with Crippen molar-refractivity contribution < 1.29 is 0 Å². The molecule has 13 atom stereocenters. The van der Waals surface area contributed by atoms with Gasteiger partial charge in [0.25, 0.3) is 0 Å². The van der Waals surface area contributed by atoms with E-state index in [1.54, 1.807) is 19.3 Å². The minimum absolute atomic E-state index is 0.417. The molecule has 0 aromatic rings. The maximum absolute atomic E-state index is 2.82. The summed E-state index contributed by atoms with van der Waals surface area (Å²) in [5, 5.41) is 0. The SMILES string of the molecule is CCCCCCCC1CCC(C2CCC(C)C3C(C)CCC4(C)C(C)C(C(C)C)C(C)C(CC)C4(C)CC(C)(C)CC23)C1. The zero-order valence-electron chi connectivity index (χ0n) is 31.7. The highest BCUT2D eigenvalue weighted by molar-refractivity contribution is 5.10. The van der Waals surface area contributed by atoms with Crippen molar-refractivity contribution in [3.05, 3.63) is 0 Å². The Morgan fingerprint density at radius 1 is 0.721 bits per heavy atom. The highest BCUT2D eigenvalue weighted by Crippen LogP contribution is 2.69. The van der Waals surface area contributed by atoms with Crippen molar-refractivity contribution in [1.29, 1.82) is 0 Å². The maximum atomic E-state index is 2.82. The second-order valence-electron chi connectivity index (χ2n) is 19.5. The minimum Gasteiger partial charge on any atom is -0.0654 e. The van der Waals surface area contributed by atoms with Crippen molar-refractivity contribution >= 4 is 0 Å². The van der Waals surface area contributed by atoms with Crippen LogP contribution in [0.15, 0.2) is 0 Å². The van der Waals surface area contributed by atoms with E-state index in [2.05, 4.69) is 83.1 Å². The molecule has 4 fully saturated rings. The van der Waals surface area contributed by atoms with Crippen molar-refractivity contribution in [3.63, 3.8) is 0 Å². The van der Waals surface area contributed by atoms with Crippen molar-refractivity contribution in [3.8, 4) is 0 Å². The van der Waals surface area contributed by atoms with E-state index < -0.39 is 0 Å². The summed E-state index contributed by atoms with van der Waals surface area (Å²) in [4.78, 5) is 0. The second-order valence-corrected chi connectivity index (χ2v) is 19.5. The summed E-state index contributed by atoms with van der Waals surface area (Å²) in [6.45, 7) is 31.9. The first-order chi connectivity index (χ1) is 20.2. The normalized spacial score (nSPS) is 47.2. The Balaban J connectivity index is 1.61. The Hall–Kier alpha value is 0. The molecule has 0 heteroatoms. The molecule has 252 valence electrons. The molecular formula is C43H80. The summed E-state index contributed by atoms with van der Waals surface area (Å²) in [5.74, 6) is 10.9. The lowest BCUT2D eigenvalue weighted by Crippen LogP contribution is -2.60. The van der Waals surface area contributed by atoms with Gasteiger partial charge in [-0.1, -0.05) is 141 Å². The minimum atomic E-state index is 0.417. The van der Waals surface area contributed by atoms with Gasteiger partial charge in [0.15, 0.2) is 0 Å². The van der Waals surface area contributed by atoms with Crippen molar-refractivity contribution in [2.75, 3.05) is 0 Å². The molecule has 0 heterocycles. The Kier molecular flexibility index (Phi) is 12.0. The van der Waals surface area contributed by atoms with Gasteiger partial charge in [0.05, 0.1) is 0 Å². The van der Waals surface area contributed by atoms with Crippen LogP contribution in [-0.4, -0.2) is 0 Å². The lowest BCUT2D eigenvalue weighted by Gasteiger charge is -2.66. The summed E-state index contributed by atoms with van der Waals surface area (Å²) in [5.41, 5.74) is 1.27. The molecule has 0 saturated heterocycles. The molecule has 0 aromatic carbocycles. The number of fused-ring (bicyclic) bond motifs is 2. The fourth-order valence-electron chi connectivity index (χ4n) is 14.2. The smallest absolute Gasteiger partial charge is 0.0233 e. The number of unbranched alkanes of at least 4 members (excludes halogenated alkanes) is 4. The number of hydrogen-bond acceptors (Lipinski definition) is 0. The first-order valence-corrected chi connectivity index (χ1v) is 20.2. The molecule has 4 aliphatic carbocycles. The molecule has 4 rings (SSSR count). The Bertz CT molecular complexity index is 852. The van der Waals surface area contributed by atoms with Crippen LogP contribution in [0.5, 0.6) is 0 Å². The average Bonchev–Trinajstić information content (AvgIpc) is 3.38. The Labute approximate surface area is 272 Å². The van der Waals surface area contributed by atoms with E-state index in [9.17, 15) is 0 Å². The highest BCUT2D eigenvalue weighted by Gasteiger charge is 2.61. The maximum Gasteiger partial charge on any atom is -0.0233 e. The molecule has 0 aromatic heterocycles. The molecular weight excluding hydrogens is 516 g/mol. The lowest BCUT2D eigenvalue weighted by molar-refractivity contribution is -0.179. The molecule has 0 bridgehead atoms. The summed E-state index contributed by atoms with van der Waals surface area (Å²) in [6.07, 6.45) is 23.7. The predicted molar refractivity (Wildman–Crippen MR) is 191 cm³/mol.